The zero-order chi connectivity index (χ0) is 13.1. The van der Waals surface area contributed by atoms with Gasteiger partial charge >= 0.3 is 0 Å². The average Bonchev–Trinajstić information content (AvgIpc) is 2.32. The molecule has 0 aliphatic rings. The van der Waals surface area contributed by atoms with Crippen LogP contribution in [-0.2, 0) is 6.54 Å². The quantitative estimate of drug-likeness (QED) is 0.771. The molecular weight excluding hydrogens is 340 g/mol. The molecule has 2 rings (SSSR count). The normalized spacial score (nSPS) is 10.4. The molecule has 1 N–H and O–H groups in total. The fraction of sp³-hybridized carbons (Fsp3) is 0.0769. The minimum atomic E-state index is -0.326. The second-order valence-electron chi connectivity index (χ2n) is 3.71. The lowest BCUT2D eigenvalue weighted by Gasteiger charge is -2.10. The van der Waals surface area contributed by atoms with Crippen molar-refractivity contribution in [3.63, 3.8) is 0 Å². The Hall–Kier alpha value is -0.770. The van der Waals surface area contributed by atoms with Crippen LogP contribution in [0.5, 0.6) is 0 Å². The summed E-state index contributed by atoms with van der Waals surface area (Å²) in [6, 6.07) is 10.0. The van der Waals surface area contributed by atoms with Gasteiger partial charge in [-0.15, -0.1) is 0 Å². The summed E-state index contributed by atoms with van der Waals surface area (Å²) in [6.07, 6.45) is 0. The second-order valence-corrected chi connectivity index (χ2v) is 5.44. The first kappa shape index (κ1) is 13.7. The molecule has 0 unspecified atom stereocenters. The molecule has 94 valence electrons. The van der Waals surface area contributed by atoms with E-state index in [4.69, 9.17) is 23.2 Å². The monoisotopic (exact) mass is 347 g/mol. The van der Waals surface area contributed by atoms with E-state index in [1.807, 2.05) is 6.07 Å². The zero-order valence-corrected chi connectivity index (χ0v) is 12.3. The average molecular weight is 349 g/mol. The Bertz CT molecular complexity index is 575. The van der Waals surface area contributed by atoms with E-state index in [-0.39, 0.29) is 5.82 Å². The topological polar surface area (TPSA) is 12.0 Å². The maximum Gasteiger partial charge on any atom is 0.129 e. The van der Waals surface area contributed by atoms with Gasteiger partial charge in [0.25, 0.3) is 0 Å². The van der Waals surface area contributed by atoms with Gasteiger partial charge in [-0.05, 0) is 46.3 Å². The zero-order valence-electron chi connectivity index (χ0n) is 9.18. The van der Waals surface area contributed by atoms with Crippen LogP contribution in [0.2, 0.25) is 10.0 Å². The number of hydrogen-bond acceptors (Lipinski definition) is 1. The first-order chi connectivity index (χ1) is 8.56. The van der Waals surface area contributed by atoms with E-state index in [1.54, 1.807) is 24.3 Å². The molecule has 0 amide bonds. The van der Waals surface area contributed by atoms with Crippen molar-refractivity contribution in [1.82, 2.24) is 0 Å². The highest BCUT2D eigenvalue weighted by Crippen LogP contribution is 2.26. The van der Waals surface area contributed by atoms with Crippen LogP contribution in [0.1, 0.15) is 5.56 Å². The van der Waals surface area contributed by atoms with Gasteiger partial charge in [0.1, 0.15) is 5.82 Å². The van der Waals surface area contributed by atoms with E-state index >= 15 is 0 Å². The van der Waals surface area contributed by atoms with Crippen molar-refractivity contribution in [2.75, 3.05) is 5.32 Å². The third-order valence-electron chi connectivity index (χ3n) is 2.41. The number of rotatable bonds is 3. The van der Waals surface area contributed by atoms with E-state index in [1.165, 1.54) is 6.07 Å². The van der Waals surface area contributed by atoms with Crippen LogP contribution in [0.3, 0.4) is 0 Å². The molecule has 0 aromatic heterocycles. The van der Waals surface area contributed by atoms with Crippen LogP contribution in [0, 0.1) is 5.82 Å². The van der Waals surface area contributed by atoms with Crippen LogP contribution >= 0.6 is 39.1 Å². The molecule has 2 aromatic carbocycles. The molecule has 0 fully saturated rings. The molecule has 2 aromatic rings. The van der Waals surface area contributed by atoms with Crippen LogP contribution in [0.25, 0.3) is 0 Å². The first-order valence-corrected chi connectivity index (χ1v) is 6.74. The summed E-state index contributed by atoms with van der Waals surface area (Å²) in [5.41, 5.74) is 1.36. The maximum atomic E-state index is 13.6. The molecule has 18 heavy (non-hydrogen) atoms. The Labute approximate surface area is 123 Å². The summed E-state index contributed by atoms with van der Waals surface area (Å²) in [4.78, 5) is 0. The van der Waals surface area contributed by atoms with E-state index in [0.29, 0.717) is 22.2 Å². The molecule has 0 aliphatic heterocycles. The van der Waals surface area contributed by atoms with Gasteiger partial charge in [0.15, 0.2) is 0 Å². The maximum absolute atomic E-state index is 13.6. The van der Waals surface area contributed by atoms with E-state index in [0.717, 1.165) is 10.2 Å². The first-order valence-electron chi connectivity index (χ1n) is 5.19. The highest BCUT2D eigenvalue weighted by Gasteiger charge is 2.05. The van der Waals surface area contributed by atoms with Gasteiger partial charge in [0.05, 0.1) is 5.69 Å². The fourth-order valence-electron chi connectivity index (χ4n) is 1.49. The SMILES string of the molecule is Fc1cc(Cl)ccc1CNc1cc(Cl)ccc1Br. The minimum absolute atomic E-state index is 0.326. The van der Waals surface area contributed by atoms with Crippen molar-refractivity contribution < 1.29 is 4.39 Å². The predicted octanol–water partition coefficient (Wildman–Crippen LogP) is 5.51. The summed E-state index contributed by atoms with van der Waals surface area (Å²) in [5, 5.41) is 4.13. The lowest BCUT2D eigenvalue weighted by molar-refractivity contribution is 0.613. The van der Waals surface area contributed by atoms with Crippen LogP contribution in [0.15, 0.2) is 40.9 Å². The van der Waals surface area contributed by atoms with Crippen molar-refractivity contribution in [2.45, 2.75) is 6.54 Å². The van der Waals surface area contributed by atoms with Gasteiger partial charge in [-0.25, -0.2) is 4.39 Å². The summed E-state index contributed by atoms with van der Waals surface area (Å²) in [6.45, 7) is 0.363. The van der Waals surface area contributed by atoms with Crippen LogP contribution < -0.4 is 5.32 Å². The highest BCUT2D eigenvalue weighted by atomic mass is 79.9. The van der Waals surface area contributed by atoms with Crippen molar-refractivity contribution in [1.29, 1.82) is 0 Å². The molecular formula is C13H9BrCl2FN. The fourth-order valence-corrected chi connectivity index (χ4v) is 2.21. The minimum Gasteiger partial charge on any atom is -0.380 e. The molecule has 0 bridgehead atoms. The molecule has 0 saturated carbocycles. The van der Waals surface area contributed by atoms with Crippen molar-refractivity contribution in [2.24, 2.45) is 0 Å². The Kier molecular flexibility index (Phi) is 4.49. The summed E-state index contributed by atoms with van der Waals surface area (Å²) >= 11 is 15.0. The largest absolute Gasteiger partial charge is 0.380 e. The molecule has 0 spiro atoms. The van der Waals surface area contributed by atoms with Gasteiger partial charge in [0.2, 0.25) is 0 Å². The van der Waals surface area contributed by atoms with E-state index in [9.17, 15) is 4.39 Å². The van der Waals surface area contributed by atoms with Crippen molar-refractivity contribution in [3.8, 4) is 0 Å². The highest BCUT2D eigenvalue weighted by molar-refractivity contribution is 9.10. The van der Waals surface area contributed by atoms with Crippen LogP contribution in [0.4, 0.5) is 10.1 Å². The number of hydrogen-bond donors (Lipinski definition) is 1. The summed E-state index contributed by atoms with van der Waals surface area (Å²) < 4.78 is 14.4. The summed E-state index contributed by atoms with van der Waals surface area (Å²) in [5.74, 6) is -0.326. The number of anilines is 1. The van der Waals surface area contributed by atoms with Gasteiger partial charge in [-0.3, -0.25) is 0 Å². The number of halogens is 4. The molecule has 1 nitrogen and oxygen atoms in total. The van der Waals surface area contributed by atoms with Gasteiger partial charge in [0, 0.05) is 26.6 Å². The number of nitrogens with one attached hydrogen (secondary N) is 1. The predicted molar refractivity (Wildman–Crippen MR) is 77.9 cm³/mol. The standard InChI is InChI=1S/C13H9BrCl2FN/c14-11-4-3-10(16)6-13(11)18-7-8-1-2-9(15)5-12(8)17/h1-6,18H,7H2. The van der Waals surface area contributed by atoms with E-state index in [2.05, 4.69) is 21.2 Å². The van der Waals surface area contributed by atoms with Gasteiger partial charge in [-0.1, -0.05) is 29.3 Å². The molecule has 5 heteroatoms. The van der Waals surface area contributed by atoms with Crippen molar-refractivity contribution in [3.05, 3.63) is 62.3 Å². The number of benzene rings is 2. The molecule has 0 heterocycles. The molecule has 0 atom stereocenters. The lowest BCUT2D eigenvalue weighted by atomic mass is 10.2. The van der Waals surface area contributed by atoms with Gasteiger partial charge in [-0.2, -0.15) is 0 Å². The second kappa shape index (κ2) is 5.91. The molecule has 0 aliphatic carbocycles. The third kappa shape index (κ3) is 3.37. The smallest absolute Gasteiger partial charge is 0.129 e. The summed E-state index contributed by atoms with van der Waals surface area (Å²) in [7, 11) is 0. The van der Waals surface area contributed by atoms with E-state index < -0.39 is 0 Å². The molecule has 0 saturated heterocycles. The molecule has 0 radical (unpaired) electrons. The Morgan fingerprint density at radius 3 is 2.44 bits per heavy atom. The Morgan fingerprint density at radius 1 is 1.06 bits per heavy atom. The Balaban J connectivity index is 2.13. The Morgan fingerprint density at radius 2 is 1.72 bits per heavy atom. The van der Waals surface area contributed by atoms with Crippen molar-refractivity contribution >= 4 is 44.8 Å². The van der Waals surface area contributed by atoms with Crippen LogP contribution in [-0.4, -0.2) is 0 Å². The third-order valence-corrected chi connectivity index (χ3v) is 3.57. The van der Waals surface area contributed by atoms with Gasteiger partial charge < -0.3 is 5.32 Å². The lowest BCUT2D eigenvalue weighted by Crippen LogP contribution is -2.02.